The van der Waals surface area contributed by atoms with Gasteiger partial charge >= 0.3 is 5.91 Å². The number of hydrogen-bond acceptors (Lipinski definition) is 4. The molecule has 4 rings (SSSR count). The van der Waals surface area contributed by atoms with E-state index >= 15 is 0 Å². The first-order valence-electron chi connectivity index (χ1n) is 7.92. The maximum absolute atomic E-state index is 13.4. The Labute approximate surface area is 138 Å². The van der Waals surface area contributed by atoms with E-state index in [4.69, 9.17) is 0 Å². The van der Waals surface area contributed by atoms with Gasteiger partial charge < -0.3 is 0 Å². The van der Waals surface area contributed by atoms with Crippen molar-refractivity contribution in [1.29, 1.82) is 0 Å². The zero-order valence-electron chi connectivity index (χ0n) is 13.0. The van der Waals surface area contributed by atoms with Crippen molar-refractivity contribution in [3.8, 4) is 0 Å². The van der Waals surface area contributed by atoms with E-state index in [0.29, 0.717) is 24.9 Å². The molecule has 5 nitrogen and oxygen atoms in total. The lowest BCUT2D eigenvalue weighted by Gasteiger charge is -2.28. The van der Waals surface area contributed by atoms with Crippen LogP contribution in [0.25, 0.3) is 0 Å². The Kier molecular flexibility index (Phi) is 3.61. The predicted octanol–water partition coefficient (Wildman–Crippen LogP) is 2.37. The summed E-state index contributed by atoms with van der Waals surface area (Å²) in [6.45, 7) is 1.01. The van der Waals surface area contributed by atoms with Crippen LogP contribution in [0.1, 0.15) is 28.8 Å². The van der Waals surface area contributed by atoms with Crippen molar-refractivity contribution in [2.24, 2.45) is 0 Å². The normalized spacial score (nSPS) is 16.8. The van der Waals surface area contributed by atoms with Crippen LogP contribution in [0, 0.1) is 5.82 Å². The number of halogens is 1. The summed E-state index contributed by atoms with van der Waals surface area (Å²) < 4.78 is 13.4. The number of ketones is 1. The van der Waals surface area contributed by atoms with Crippen molar-refractivity contribution in [2.45, 2.75) is 25.4 Å². The number of amides is 1. The smallest absolute Gasteiger partial charge is 0.291 e. The van der Waals surface area contributed by atoms with E-state index in [2.05, 4.69) is 9.88 Å². The molecular weight excluding hydrogens is 309 g/mol. The van der Waals surface area contributed by atoms with Gasteiger partial charge in [0.15, 0.2) is 0 Å². The molecule has 2 heterocycles. The first-order chi connectivity index (χ1) is 11.6. The molecule has 2 aliphatic rings. The van der Waals surface area contributed by atoms with Gasteiger partial charge in [-0.3, -0.25) is 24.4 Å². The maximum Gasteiger partial charge on any atom is 0.300 e. The molecular formula is C18H16FN3O2. The number of pyridine rings is 1. The topological polar surface area (TPSA) is 53.5 Å². The quantitative estimate of drug-likeness (QED) is 0.792. The minimum atomic E-state index is -0.635. The van der Waals surface area contributed by atoms with Crippen LogP contribution >= 0.6 is 0 Å². The van der Waals surface area contributed by atoms with Crippen LogP contribution in [0.2, 0.25) is 0 Å². The van der Waals surface area contributed by atoms with Crippen molar-refractivity contribution in [1.82, 2.24) is 9.88 Å². The highest BCUT2D eigenvalue weighted by molar-refractivity contribution is 6.52. The van der Waals surface area contributed by atoms with Gasteiger partial charge in [-0.1, -0.05) is 0 Å². The average molecular weight is 325 g/mol. The Hall–Kier alpha value is -2.60. The Balaban J connectivity index is 1.59. The molecule has 2 aromatic rings. The van der Waals surface area contributed by atoms with Crippen molar-refractivity contribution in [2.75, 3.05) is 11.6 Å². The molecule has 6 heteroatoms. The highest BCUT2D eigenvalue weighted by Gasteiger charge is 2.39. The molecule has 0 bridgehead atoms. The minimum absolute atomic E-state index is 0.152. The number of anilines is 1. The second-order valence-electron chi connectivity index (χ2n) is 6.20. The number of carbonyl (C=O) groups excluding carboxylic acids is 2. The lowest BCUT2D eigenvalue weighted by molar-refractivity contribution is -0.114. The number of hydrogen-bond donors (Lipinski definition) is 0. The van der Waals surface area contributed by atoms with Gasteiger partial charge in [0.2, 0.25) is 0 Å². The molecule has 1 aliphatic heterocycles. The third-order valence-corrected chi connectivity index (χ3v) is 4.45. The molecule has 0 N–H and O–H groups in total. The van der Waals surface area contributed by atoms with Crippen molar-refractivity contribution in [3.05, 3.63) is 59.7 Å². The number of carbonyl (C=O) groups is 2. The van der Waals surface area contributed by atoms with Crippen LogP contribution in [0.4, 0.5) is 10.1 Å². The van der Waals surface area contributed by atoms with Crippen LogP contribution in [0.5, 0.6) is 0 Å². The summed E-state index contributed by atoms with van der Waals surface area (Å²) in [6, 6.07) is 8.21. The minimum Gasteiger partial charge on any atom is -0.291 e. The SMILES string of the molecule is O=C1C(=O)N(CN(Cc2ccncc2)C2CC2)c2ccc(F)cc21. The van der Waals surface area contributed by atoms with Crippen molar-refractivity contribution in [3.63, 3.8) is 0 Å². The lowest BCUT2D eigenvalue weighted by Crippen LogP contribution is -2.41. The highest BCUT2D eigenvalue weighted by atomic mass is 19.1. The molecule has 1 aromatic heterocycles. The van der Waals surface area contributed by atoms with Gasteiger partial charge in [0, 0.05) is 25.0 Å². The van der Waals surface area contributed by atoms with Gasteiger partial charge in [-0.2, -0.15) is 0 Å². The monoisotopic (exact) mass is 325 g/mol. The molecule has 1 saturated carbocycles. The van der Waals surface area contributed by atoms with Crippen LogP contribution < -0.4 is 4.90 Å². The van der Waals surface area contributed by atoms with E-state index in [9.17, 15) is 14.0 Å². The Bertz CT molecular complexity index is 805. The van der Waals surface area contributed by atoms with E-state index in [1.165, 1.54) is 17.0 Å². The fourth-order valence-electron chi connectivity index (χ4n) is 3.05. The molecule has 0 spiro atoms. The van der Waals surface area contributed by atoms with Gasteiger partial charge in [-0.15, -0.1) is 0 Å². The van der Waals surface area contributed by atoms with Gasteiger partial charge in [-0.05, 0) is 48.7 Å². The number of fused-ring (bicyclic) bond motifs is 1. The van der Waals surface area contributed by atoms with E-state index in [1.54, 1.807) is 12.4 Å². The Morgan fingerprint density at radius 2 is 1.92 bits per heavy atom. The van der Waals surface area contributed by atoms with Crippen LogP contribution in [0.15, 0.2) is 42.7 Å². The Morgan fingerprint density at radius 3 is 2.62 bits per heavy atom. The van der Waals surface area contributed by atoms with E-state index in [0.717, 1.165) is 24.5 Å². The maximum atomic E-state index is 13.4. The highest BCUT2D eigenvalue weighted by Crippen LogP contribution is 2.33. The molecule has 0 atom stereocenters. The van der Waals surface area contributed by atoms with Gasteiger partial charge in [0.05, 0.1) is 17.9 Å². The third kappa shape index (κ3) is 2.69. The fourth-order valence-corrected chi connectivity index (χ4v) is 3.05. The van der Waals surface area contributed by atoms with E-state index in [1.807, 2.05) is 12.1 Å². The van der Waals surface area contributed by atoms with Crippen LogP contribution in [-0.2, 0) is 11.3 Å². The summed E-state index contributed by atoms with van der Waals surface area (Å²) in [5.41, 5.74) is 1.75. The standard InChI is InChI=1S/C18H16FN3O2/c19-13-1-4-16-15(9-13)17(23)18(24)22(16)11-21(14-2-3-14)10-12-5-7-20-8-6-12/h1,4-9,14H,2-3,10-11H2. The summed E-state index contributed by atoms with van der Waals surface area (Å²) in [4.78, 5) is 32.1. The van der Waals surface area contributed by atoms with E-state index in [-0.39, 0.29) is 5.56 Å². The van der Waals surface area contributed by atoms with Gasteiger partial charge in [0.25, 0.3) is 5.78 Å². The molecule has 1 fully saturated rings. The summed E-state index contributed by atoms with van der Waals surface area (Å²) in [7, 11) is 0. The molecule has 0 unspecified atom stereocenters. The van der Waals surface area contributed by atoms with Crippen molar-refractivity contribution < 1.29 is 14.0 Å². The van der Waals surface area contributed by atoms with E-state index < -0.39 is 17.5 Å². The molecule has 0 radical (unpaired) electrons. The number of benzene rings is 1. The third-order valence-electron chi connectivity index (χ3n) is 4.45. The zero-order chi connectivity index (χ0) is 16.7. The largest absolute Gasteiger partial charge is 0.300 e. The molecule has 24 heavy (non-hydrogen) atoms. The molecule has 1 amide bonds. The summed E-state index contributed by atoms with van der Waals surface area (Å²) in [6.07, 6.45) is 5.64. The van der Waals surface area contributed by atoms with Crippen molar-refractivity contribution >= 4 is 17.4 Å². The summed E-state index contributed by atoms with van der Waals surface area (Å²) >= 11 is 0. The molecule has 0 saturated heterocycles. The van der Waals surface area contributed by atoms with Gasteiger partial charge in [0.1, 0.15) is 5.82 Å². The first-order valence-corrected chi connectivity index (χ1v) is 7.92. The molecule has 1 aliphatic carbocycles. The summed E-state index contributed by atoms with van der Waals surface area (Å²) in [5, 5.41) is 0. The molecule has 1 aromatic carbocycles. The fraction of sp³-hybridized carbons (Fsp3) is 0.278. The zero-order valence-corrected chi connectivity index (χ0v) is 13.0. The molecule has 122 valence electrons. The Morgan fingerprint density at radius 1 is 1.17 bits per heavy atom. The predicted molar refractivity (Wildman–Crippen MR) is 85.9 cm³/mol. The number of rotatable bonds is 5. The lowest BCUT2D eigenvalue weighted by atomic mass is 10.1. The summed E-state index contributed by atoms with van der Waals surface area (Å²) in [5.74, 6) is -1.73. The second-order valence-corrected chi connectivity index (χ2v) is 6.20. The average Bonchev–Trinajstić information content (AvgIpc) is 3.40. The number of nitrogens with zero attached hydrogens (tertiary/aromatic N) is 3. The number of Topliss-reactive ketones (excluding diaryl/α,β-unsaturated/α-hetero) is 1. The number of aromatic nitrogens is 1. The van der Waals surface area contributed by atoms with Crippen LogP contribution in [-0.4, -0.2) is 34.3 Å². The van der Waals surface area contributed by atoms with Crippen LogP contribution in [0.3, 0.4) is 0 Å². The van der Waals surface area contributed by atoms with Gasteiger partial charge in [-0.25, -0.2) is 4.39 Å². The first kappa shape index (κ1) is 15.0. The second kappa shape index (κ2) is 5.79.